The summed E-state index contributed by atoms with van der Waals surface area (Å²) in [4.78, 5) is 2.62. The lowest BCUT2D eigenvalue weighted by Gasteiger charge is -2.32. The monoisotopic (exact) mass is 263 g/mol. The molecule has 0 saturated carbocycles. The normalized spacial score (nSPS) is 18.0. The highest BCUT2D eigenvalue weighted by molar-refractivity contribution is 5.07. The van der Waals surface area contributed by atoms with Crippen LogP contribution in [0.4, 0.5) is 0 Å². The summed E-state index contributed by atoms with van der Waals surface area (Å²) in [6, 6.07) is 5.08. The van der Waals surface area contributed by atoms with Gasteiger partial charge in [-0.2, -0.15) is 0 Å². The summed E-state index contributed by atoms with van der Waals surface area (Å²) in [5, 5.41) is 3.73. The first-order chi connectivity index (χ1) is 9.33. The number of likely N-dealkylation sites (tertiary alicyclic amines) is 1. The minimum Gasteiger partial charge on any atom is -0.351 e. The molecule has 3 heteroatoms. The highest BCUT2D eigenvalue weighted by Gasteiger charge is 2.18. The maximum Gasteiger partial charge on any atom is 0.0361 e. The number of hydrogen-bond acceptors (Lipinski definition) is 2. The fourth-order valence-corrected chi connectivity index (χ4v) is 2.91. The van der Waals surface area contributed by atoms with Gasteiger partial charge >= 0.3 is 0 Å². The predicted octanol–water partition coefficient (Wildman–Crippen LogP) is 2.86. The maximum atomic E-state index is 3.73. The Morgan fingerprint density at radius 3 is 2.74 bits per heavy atom. The predicted molar refractivity (Wildman–Crippen MR) is 81.3 cm³/mol. The lowest BCUT2D eigenvalue weighted by molar-refractivity contribution is 0.194. The molecule has 1 aromatic heterocycles. The van der Waals surface area contributed by atoms with Gasteiger partial charge in [0.15, 0.2) is 0 Å². The van der Waals surface area contributed by atoms with E-state index in [4.69, 9.17) is 0 Å². The number of rotatable bonds is 7. The van der Waals surface area contributed by atoms with Crippen molar-refractivity contribution in [1.29, 1.82) is 0 Å². The summed E-state index contributed by atoms with van der Waals surface area (Å²) in [5.41, 5.74) is 1.41. The van der Waals surface area contributed by atoms with Gasteiger partial charge in [-0.3, -0.25) is 0 Å². The Kier molecular flexibility index (Phi) is 5.93. The molecule has 1 aliphatic rings. The van der Waals surface area contributed by atoms with Crippen molar-refractivity contribution in [2.75, 3.05) is 19.6 Å². The summed E-state index contributed by atoms with van der Waals surface area (Å²) < 4.78 is 2.32. The molecule has 3 nitrogen and oxygen atoms in total. The average Bonchev–Trinajstić information content (AvgIpc) is 2.91. The third kappa shape index (κ3) is 4.36. The van der Waals surface area contributed by atoms with Gasteiger partial charge in [0, 0.05) is 31.0 Å². The van der Waals surface area contributed by atoms with Crippen LogP contribution in [0.1, 0.15) is 45.2 Å². The van der Waals surface area contributed by atoms with Crippen LogP contribution in [-0.4, -0.2) is 35.1 Å². The van der Waals surface area contributed by atoms with Crippen LogP contribution >= 0.6 is 0 Å². The number of unbranched alkanes of at least 4 members (excludes halogenated alkanes) is 1. The second-order valence-electron chi connectivity index (χ2n) is 5.64. The number of piperidine rings is 1. The Labute approximate surface area is 118 Å². The zero-order valence-electron chi connectivity index (χ0n) is 12.6. The van der Waals surface area contributed by atoms with Crippen molar-refractivity contribution in [3.8, 4) is 0 Å². The standard InChI is InChI=1S/C16H29N3/c1-3-5-10-18-12-8-15(9-13-18)17-14-16-7-6-11-19(16)4-2/h6-7,11,15,17H,3-5,8-10,12-14H2,1-2H3. The Balaban J connectivity index is 1.68. The topological polar surface area (TPSA) is 20.2 Å². The summed E-state index contributed by atoms with van der Waals surface area (Å²) in [7, 11) is 0. The fraction of sp³-hybridized carbons (Fsp3) is 0.750. The second kappa shape index (κ2) is 7.71. The lowest BCUT2D eigenvalue weighted by atomic mass is 10.0. The van der Waals surface area contributed by atoms with E-state index in [1.165, 1.54) is 51.0 Å². The van der Waals surface area contributed by atoms with Crippen molar-refractivity contribution in [2.45, 2.75) is 58.7 Å². The molecule has 0 bridgehead atoms. The molecule has 0 unspecified atom stereocenters. The average molecular weight is 263 g/mol. The molecule has 0 aromatic carbocycles. The van der Waals surface area contributed by atoms with Crippen LogP contribution in [0.15, 0.2) is 18.3 Å². The summed E-state index contributed by atoms with van der Waals surface area (Å²) in [6.45, 7) is 10.4. The van der Waals surface area contributed by atoms with Crippen LogP contribution < -0.4 is 5.32 Å². The SMILES string of the molecule is CCCCN1CCC(NCc2cccn2CC)CC1. The third-order valence-corrected chi connectivity index (χ3v) is 4.25. The van der Waals surface area contributed by atoms with Crippen molar-refractivity contribution < 1.29 is 0 Å². The van der Waals surface area contributed by atoms with Gasteiger partial charge < -0.3 is 14.8 Å². The zero-order chi connectivity index (χ0) is 13.5. The molecule has 1 aromatic rings. The van der Waals surface area contributed by atoms with Crippen molar-refractivity contribution in [1.82, 2.24) is 14.8 Å². The molecule has 0 amide bonds. The molecule has 0 radical (unpaired) electrons. The Morgan fingerprint density at radius 2 is 2.05 bits per heavy atom. The van der Waals surface area contributed by atoms with Crippen LogP contribution in [-0.2, 0) is 13.1 Å². The van der Waals surface area contributed by atoms with Gasteiger partial charge in [-0.05, 0) is 58.0 Å². The van der Waals surface area contributed by atoms with Gasteiger partial charge in [-0.15, -0.1) is 0 Å². The quantitative estimate of drug-likeness (QED) is 0.816. The lowest BCUT2D eigenvalue weighted by Crippen LogP contribution is -2.42. The molecule has 1 N–H and O–H groups in total. The Morgan fingerprint density at radius 1 is 1.26 bits per heavy atom. The first-order valence-corrected chi connectivity index (χ1v) is 7.93. The third-order valence-electron chi connectivity index (χ3n) is 4.25. The molecule has 19 heavy (non-hydrogen) atoms. The minimum absolute atomic E-state index is 0.707. The van der Waals surface area contributed by atoms with Gasteiger partial charge in [-0.1, -0.05) is 13.3 Å². The molecule has 108 valence electrons. The Bertz CT molecular complexity index is 351. The van der Waals surface area contributed by atoms with Crippen molar-refractivity contribution in [2.24, 2.45) is 0 Å². The van der Waals surface area contributed by atoms with Crippen LogP contribution in [0, 0.1) is 0 Å². The maximum absolute atomic E-state index is 3.73. The molecule has 2 heterocycles. The molecule has 0 spiro atoms. The van der Waals surface area contributed by atoms with Gasteiger partial charge in [-0.25, -0.2) is 0 Å². The van der Waals surface area contributed by atoms with E-state index in [9.17, 15) is 0 Å². The number of hydrogen-bond donors (Lipinski definition) is 1. The smallest absolute Gasteiger partial charge is 0.0361 e. The van der Waals surface area contributed by atoms with E-state index < -0.39 is 0 Å². The first kappa shape index (κ1) is 14.6. The summed E-state index contributed by atoms with van der Waals surface area (Å²) in [6.07, 6.45) is 7.44. The van der Waals surface area contributed by atoms with Crippen LogP contribution in [0.2, 0.25) is 0 Å². The Hall–Kier alpha value is -0.800. The zero-order valence-corrected chi connectivity index (χ0v) is 12.6. The first-order valence-electron chi connectivity index (χ1n) is 7.93. The summed E-state index contributed by atoms with van der Waals surface area (Å²) in [5.74, 6) is 0. The largest absolute Gasteiger partial charge is 0.351 e. The van der Waals surface area contributed by atoms with Crippen LogP contribution in [0.3, 0.4) is 0 Å². The van der Waals surface area contributed by atoms with E-state index in [2.05, 4.69) is 47.0 Å². The molecule has 1 aliphatic heterocycles. The molecule has 0 aliphatic carbocycles. The number of nitrogens with one attached hydrogen (secondary N) is 1. The van der Waals surface area contributed by atoms with Crippen LogP contribution in [0.5, 0.6) is 0 Å². The second-order valence-corrected chi connectivity index (χ2v) is 5.64. The highest BCUT2D eigenvalue weighted by atomic mass is 15.1. The van der Waals surface area contributed by atoms with E-state index in [1.807, 2.05) is 0 Å². The van der Waals surface area contributed by atoms with E-state index in [1.54, 1.807) is 0 Å². The van der Waals surface area contributed by atoms with Crippen LogP contribution in [0.25, 0.3) is 0 Å². The van der Waals surface area contributed by atoms with Crippen molar-refractivity contribution in [3.63, 3.8) is 0 Å². The molecule has 0 atom stereocenters. The van der Waals surface area contributed by atoms with Crippen molar-refractivity contribution in [3.05, 3.63) is 24.0 Å². The molecule has 1 fully saturated rings. The van der Waals surface area contributed by atoms with E-state index in [-0.39, 0.29) is 0 Å². The molecule has 1 saturated heterocycles. The number of aryl methyl sites for hydroxylation is 1. The molecule has 2 rings (SSSR count). The number of nitrogens with zero attached hydrogens (tertiary/aromatic N) is 2. The number of aromatic nitrogens is 1. The van der Waals surface area contributed by atoms with E-state index >= 15 is 0 Å². The van der Waals surface area contributed by atoms with E-state index in [0.717, 1.165) is 13.1 Å². The molecular weight excluding hydrogens is 234 g/mol. The van der Waals surface area contributed by atoms with Gasteiger partial charge in [0.1, 0.15) is 0 Å². The van der Waals surface area contributed by atoms with Gasteiger partial charge in [0.2, 0.25) is 0 Å². The van der Waals surface area contributed by atoms with E-state index in [0.29, 0.717) is 6.04 Å². The fourth-order valence-electron chi connectivity index (χ4n) is 2.91. The van der Waals surface area contributed by atoms with Crippen molar-refractivity contribution >= 4 is 0 Å². The molecular formula is C16H29N3. The van der Waals surface area contributed by atoms with Gasteiger partial charge in [0.05, 0.1) is 0 Å². The minimum atomic E-state index is 0.707. The van der Waals surface area contributed by atoms with Gasteiger partial charge in [0.25, 0.3) is 0 Å². The highest BCUT2D eigenvalue weighted by Crippen LogP contribution is 2.12. The summed E-state index contributed by atoms with van der Waals surface area (Å²) >= 11 is 0.